The van der Waals surface area contributed by atoms with E-state index in [0.29, 0.717) is 17.6 Å². The van der Waals surface area contributed by atoms with Gasteiger partial charge in [0, 0.05) is 37.8 Å². The fourth-order valence-corrected chi connectivity index (χ4v) is 2.65. The second-order valence-corrected chi connectivity index (χ2v) is 6.03. The summed E-state index contributed by atoms with van der Waals surface area (Å²) in [5.41, 5.74) is 7.32. The lowest BCUT2D eigenvalue weighted by molar-refractivity contribution is 0.0568. The second-order valence-electron chi connectivity index (χ2n) is 5.59. The smallest absolute Gasteiger partial charge is 0.103 e. The predicted molar refractivity (Wildman–Crippen MR) is 85.8 cm³/mol. The molecule has 1 aliphatic rings. The third-order valence-corrected chi connectivity index (χ3v) is 4.29. The van der Waals surface area contributed by atoms with Gasteiger partial charge in [0.05, 0.1) is 6.10 Å². The summed E-state index contributed by atoms with van der Waals surface area (Å²) < 4.78 is 0. The number of nitrogens with zero attached hydrogens (tertiary/aromatic N) is 2. The van der Waals surface area contributed by atoms with Crippen molar-refractivity contribution in [1.29, 1.82) is 0 Å². The molecule has 110 valence electrons. The van der Waals surface area contributed by atoms with E-state index in [9.17, 15) is 5.11 Å². The first-order valence-corrected chi connectivity index (χ1v) is 7.38. The van der Waals surface area contributed by atoms with Crippen LogP contribution in [0.3, 0.4) is 0 Å². The predicted octanol–water partition coefficient (Wildman–Crippen LogP) is 0.990. The molecule has 0 amide bonds. The molecule has 1 aliphatic heterocycles. The largest absolute Gasteiger partial charge is 0.389 e. The number of rotatable bonds is 4. The van der Waals surface area contributed by atoms with Gasteiger partial charge in [-0.05, 0) is 19.5 Å². The monoisotopic (exact) mass is 293 g/mol. The van der Waals surface area contributed by atoms with Crippen LogP contribution >= 0.6 is 12.2 Å². The van der Waals surface area contributed by atoms with Gasteiger partial charge < -0.3 is 15.7 Å². The minimum atomic E-state index is -0.467. The third kappa shape index (κ3) is 3.76. The summed E-state index contributed by atoms with van der Waals surface area (Å²) in [6.45, 7) is 5.94. The Bertz CT molecular complexity index is 463. The van der Waals surface area contributed by atoms with Crippen molar-refractivity contribution in [2.45, 2.75) is 19.1 Å². The van der Waals surface area contributed by atoms with Crippen LogP contribution in [0.2, 0.25) is 0 Å². The first-order chi connectivity index (χ1) is 9.47. The van der Waals surface area contributed by atoms with Crippen LogP contribution < -0.4 is 5.73 Å². The first kappa shape index (κ1) is 15.4. The zero-order valence-electron chi connectivity index (χ0n) is 12.1. The molecule has 0 bridgehead atoms. The number of thiocarbonyl (C=S) groups is 1. The van der Waals surface area contributed by atoms with E-state index in [2.05, 4.69) is 23.8 Å². The van der Waals surface area contributed by atoms with Crippen LogP contribution in [0.15, 0.2) is 24.3 Å². The fourth-order valence-electron chi connectivity index (χ4n) is 2.51. The van der Waals surface area contributed by atoms with Crippen LogP contribution in [0, 0.1) is 0 Å². The molecule has 1 saturated heterocycles. The number of hydrogen-bond acceptors (Lipinski definition) is 4. The van der Waals surface area contributed by atoms with Crippen molar-refractivity contribution in [2.24, 2.45) is 5.73 Å². The maximum absolute atomic E-state index is 10.3. The Balaban J connectivity index is 1.94. The van der Waals surface area contributed by atoms with Gasteiger partial charge in [0.25, 0.3) is 0 Å². The highest BCUT2D eigenvalue weighted by Crippen LogP contribution is 2.17. The molecule has 5 heteroatoms. The van der Waals surface area contributed by atoms with Gasteiger partial charge in [-0.3, -0.25) is 4.90 Å². The highest BCUT2D eigenvalue weighted by atomic mass is 32.1. The molecule has 2 rings (SSSR count). The van der Waals surface area contributed by atoms with Crippen molar-refractivity contribution in [3.8, 4) is 0 Å². The van der Waals surface area contributed by atoms with Crippen molar-refractivity contribution in [1.82, 2.24) is 9.80 Å². The summed E-state index contributed by atoms with van der Waals surface area (Å²) in [7, 11) is 2.15. The van der Waals surface area contributed by atoms with Gasteiger partial charge >= 0.3 is 0 Å². The molecule has 0 aromatic heterocycles. The quantitative estimate of drug-likeness (QED) is 0.811. The van der Waals surface area contributed by atoms with E-state index in [0.717, 1.165) is 30.8 Å². The SMILES string of the molecule is CC1CN(CC(O)c2ccc(C(N)=S)cc2)CCN1C. The third-order valence-electron chi connectivity index (χ3n) is 4.05. The van der Waals surface area contributed by atoms with Gasteiger partial charge in [-0.2, -0.15) is 0 Å². The van der Waals surface area contributed by atoms with E-state index in [4.69, 9.17) is 18.0 Å². The lowest BCUT2D eigenvalue weighted by atomic mass is 10.1. The van der Waals surface area contributed by atoms with Crippen LogP contribution in [0.5, 0.6) is 0 Å². The molecule has 1 aromatic rings. The minimum Gasteiger partial charge on any atom is -0.389 e. The summed E-state index contributed by atoms with van der Waals surface area (Å²) in [5.74, 6) is 0. The molecule has 2 unspecified atom stereocenters. The second kappa shape index (κ2) is 6.63. The molecule has 0 radical (unpaired) electrons. The molecule has 1 aromatic carbocycles. The van der Waals surface area contributed by atoms with E-state index in [-0.39, 0.29) is 0 Å². The van der Waals surface area contributed by atoms with Crippen LogP contribution in [-0.2, 0) is 0 Å². The Hall–Kier alpha value is -1.01. The van der Waals surface area contributed by atoms with Gasteiger partial charge in [-0.1, -0.05) is 36.5 Å². The average molecular weight is 293 g/mol. The Morgan fingerprint density at radius 1 is 1.40 bits per heavy atom. The molecule has 0 spiro atoms. The zero-order valence-corrected chi connectivity index (χ0v) is 12.9. The lowest BCUT2D eigenvalue weighted by Crippen LogP contribution is -2.50. The molecule has 3 N–H and O–H groups in total. The topological polar surface area (TPSA) is 52.7 Å². The molecule has 4 nitrogen and oxygen atoms in total. The van der Waals surface area contributed by atoms with Gasteiger partial charge in [0.15, 0.2) is 0 Å². The minimum absolute atomic E-state index is 0.388. The Morgan fingerprint density at radius 2 is 2.05 bits per heavy atom. The standard InChI is InChI=1S/C15H23N3OS/c1-11-9-18(8-7-17(11)2)10-14(19)12-3-5-13(6-4-12)15(16)20/h3-6,11,14,19H,7-10H2,1-2H3,(H2,16,20). The molecular weight excluding hydrogens is 270 g/mol. The number of aliphatic hydroxyl groups excluding tert-OH is 1. The molecule has 0 saturated carbocycles. The highest BCUT2D eigenvalue weighted by Gasteiger charge is 2.22. The van der Waals surface area contributed by atoms with E-state index < -0.39 is 6.10 Å². The van der Waals surface area contributed by atoms with Crippen LogP contribution in [0.25, 0.3) is 0 Å². The zero-order chi connectivity index (χ0) is 14.7. The van der Waals surface area contributed by atoms with Crippen LogP contribution in [0.4, 0.5) is 0 Å². The number of piperazine rings is 1. The molecule has 1 heterocycles. The number of hydrogen-bond donors (Lipinski definition) is 2. The number of β-amino-alcohol motifs (C(OH)–C–C–N with tert-alkyl or cyclic N) is 1. The maximum Gasteiger partial charge on any atom is 0.103 e. The van der Waals surface area contributed by atoms with E-state index in [1.165, 1.54) is 0 Å². The van der Waals surface area contributed by atoms with Crippen LogP contribution in [0.1, 0.15) is 24.2 Å². The van der Waals surface area contributed by atoms with Gasteiger partial charge in [-0.15, -0.1) is 0 Å². The fraction of sp³-hybridized carbons (Fsp3) is 0.533. The summed E-state index contributed by atoms with van der Waals surface area (Å²) in [4.78, 5) is 5.05. The summed E-state index contributed by atoms with van der Waals surface area (Å²) in [6.07, 6.45) is -0.467. The van der Waals surface area contributed by atoms with E-state index in [1.807, 2.05) is 24.3 Å². The normalized spacial score (nSPS) is 22.6. The van der Waals surface area contributed by atoms with Crippen LogP contribution in [-0.4, -0.2) is 59.2 Å². The molecular formula is C15H23N3OS. The van der Waals surface area contributed by atoms with Gasteiger partial charge in [0.2, 0.25) is 0 Å². The van der Waals surface area contributed by atoms with Crippen molar-refractivity contribution in [2.75, 3.05) is 33.2 Å². The lowest BCUT2D eigenvalue weighted by Gasteiger charge is -2.38. The van der Waals surface area contributed by atoms with Crippen molar-refractivity contribution in [3.63, 3.8) is 0 Å². The number of aliphatic hydroxyl groups is 1. The summed E-state index contributed by atoms with van der Waals surface area (Å²) in [5, 5.41) is 10.3. The molecule has 1 fully saturated rings. The van der Waals surface area contributed by atoms with Gasteiger partial charge in [0.1, 0.15) is 4.99 Å². The first-order valence-electron chi connectivity index (χ1n) is 6.98. The molecule has 2 atom stereocenters. The Labute approximate surface area is 126 Å². The summed E-state index contributed by atoms with van der Waals surface area (Å²) in [6, 6.07) is 8.08. The molecule has 0 aliphatic carbocycles. The maximum atomic E-state index is 10.3. The number of benzene rings is 1. The van der Waals surface area contributed by atoms with Crippen molar-refractivity contribution in [3.05, 3.63) is 35.4 Å². The number of nitrogens with two attached hydrogens (primary N) is 1. The average Bonchev–Trinajstić information content (AvgIpc) is 2.43. The van der Waals surface area contributed by atoms with Gasteiger partial charge in [-0.25, -0.2) is 0 Å². The van der Waals surface area contributed by atoms with Crippen molar-refractivity contribution < 1.29 is 5.11 Å². The van der Waals surface area contributed by atoms with E-state index >= 15 is 0 Å². The Kier molecular flexibility index (Phi) is 5.10. The highest BCUT2D eigenvalue weighted by molar-refractivity contribution is 7.80. The summed E-state index contributed by atoms with van der Waals surface area (Å²) >= 11 is 4.93. The number of likely N-dealkylation sites (N-methyl/N-ethyl adjacent to an activating group) is 1. The molecule has 20 heavy (non-hydrogen) atoms. The Morgan fingerprint density at radius 3 is 2.60 bits per heavy atom. The van der Waals surface area contributed by atoms with E-state index in [1.54, 1.807) is 0 Å². The van der Waals surface area contributed by atoms with Crippen molar-refractivity contribution >= 4 is 17.2 Å².